The normalized spacial score (nSPS) is 12.6. The van der Waals surface area contributed by atoms with Crippen LogP contribution in [0.1, 0.15) is 5.56 Å². The highest BCUT2D eigenvalue weighted by molar-refractivity contribution is 9.11. The van der Waals surface area contributed by atoms with Gasteiger partial charge in [0.05, 0.1) is 11.2 Å². The van der Waals surface area contributed by atoms with E-state index in [1.807, 2.05) is 6.92 Å². The molecule has 0 heterocycles. The molecule has 0 saturated carbocycles. The van der Waals surface area contributed by atoms with Crippen molar-refractivity contribution in [2.45, 2.75) is 11.8 Å². The smallest absolute Gasteiger partial charge is 0.214 e. The zero-order chi connectivity index (χ0) is 15.6. The summed E-state index contributed by atoms with van der Waals surface area (Å²) in [5.41, 5.74) is 0.898. The molecule has 1 aromatic rings. The molecule has 2 N–H and O–H groups in total. The van der Waals surface area contributed by atoms with Gasteiger partial charge in [-0.3, -0.25) is 0 Å². The van der Waals surface area contributed by atoms with Gasteiger partial charge in [0.15, 0.2) is 0 Å². The summed E-state index contributed by atoms with van der Waals surface area (Å²) in [7, 11) is -7.04. The first kappa shape index (κ1) is 18.1. The Kier molecular flexibility index (Phi) is 6.17. The summed E-state index contributed by atoms with van der Waals surface area (Å²) in [6.45, 7) is 1.80. The van der Waals surface area contributed by atoms with Crippen molar-refractivity contribution in [2.75, 3.05) is 19.3 Å². The fourth-order valence-electron chi connectivity index (χ4n) is 1.33. The molecule has 0 spiro atoms. The quantitative estimate of drug-likeness (QED) is 0.641. The van der Waals surface area contributed by atoms with Crippen LogP contribution in [0.2, 0.25) is 0 Å². The number of sulfonamides is 2. The molecule has 0 amide bonds. The molecule has 0 aliphatic heterocycles. The molecule has 0 aromatic heterocycles. The molecule has 20 heavy (non-hydrogen) atoms. The third kappa shape index (κ3) is 5.41. The van der Waals surface area contributed by atoms with Crippen LogP contribution >= 0.6 is 31.9 Å². The van der Waals surface area contributed by atoms with Crippen LogP contribution in [0.3, 0.4) is 0 Å². The van der Waals surface area contributed by atoms with E-state index in [-0.39, 0.29) is 18.0 Å². The van der Waals surface area contributed by atoms with Gasteiger partial charge in [0, 0.05) is 22.0 Å². The van der Waals surface area contributed by atoms with Crippen molar-refractivity contribution in [1.82, 2.24) is 9.44 Å². The van der Waals surface area contributed by atoms with Gasteiger partial charge in [0.2, 0.25) is 20.0 Å². The molecule has 6 nitrogen and oxygen atoms in total. The summed E-state index contributed by atoms with van der Waals surface area (Å²) in [4.78, 5) is 0.0920. The summed E-state index contributed by atoms with van der Waals surface area (Å²) in [6.07, 6.45) is 1.01. The van der Waals surface area contributed by atoms with Crippen molar-refractivity contribution in [3.63, 3.8) is 0 Å². The van der Waals surface area contributed by atoms with Crippen LogP contribution in [0, 0.1) is 6.92 Å². The Morgan fingerprint density at radius 1 is 1.00 bits per heavy atom. The van der Waals surface area contributed by atoms with Gasteiger partial charge in [0.25, 0.3) is 0 Å². The van der Waals surface area contributed by atoms with Gasteiger partial charge in [-0.05, 0) is 40.5 Å². The van der Waals surface area contributed by atoms with Gasteiger partial charge in [-0.25, -0.2) is 26.3 Å². The van der Waals surface area contributed by atoms with E-state index in [0.717, 1.165) is 11.8 Å². The first-order valence-electron chi connectivity index (χ1n) is 5.43. The third-order valence-corrected chi connectivity index (χ3v) is 6.29. The van der Waals surface area contributed by atoms with Crippen molar-refractivity contribution in [1.29, 1.82) is 0 Å². The van der Waals surface area contributed by atoms with E-state index in [1.54, 1.807) is 6.07 Å². The van der Waals surface area contributed by atoms with Gasteiger partial charge >= 0.3 is 0 Å². The topological polar surface area (TPSA) is 92.3 Å². The Hall–Kier alpha value is -0.000000000000000167. The van der Waals surface area contributed by atoms with Gasteiger partial charge in [0.1, 0.15) is 0 Å². The van der Waals surface area contributed by atoms with E-state index in [2.05, 4.69) is 41.3 Å². The molecule has 0 unspecified atom stereocenters. The maximum absolute atomic E-state index is 12.1. The largest absolute Gasteiger partial charge is 0.241 e. The molecule has 0 aliphatic rings. The van der Waals surface area contributed by atoms with Crippen molar-refractivity contribution in [3.05, 3.63) is 26.6 Å². The number of hydrogen-bond acceptors (Lipinski definition) is 4. The zero-order valence-corrected chi connectivity index (χ0v) is 15.6. The van der Waals surface area contributed by atoms with E-state index >= 15 is 0 Å². The monoisotopic (exact) mass is 448 g/mol. The van der Waals surface area contributed by atoms with Crippen LogP contribution in [0.5, 0.6) is 0 Å². The molecule has 0 fully saturated rings. The van der Waals surface area contributed by atoms with Gasteiger partial charge < -0.3 is 0 Å². The SMILES string of the molecule is Cc1cc(Br)c(S(=O)(=O)NCCNS(C)(=O)=O)cc1Br. The van der Waals surface area contributed by atoms with Crippen molar-refractivity contribution < 1.29 is 16.8 Å². The minimum Gasteiger partial charge on any atom is -0.214 e. The Morgan fingerprint density at radius 2 is 1.55 bits per heavy atom. The molecule has 1 aromatic carbocycles. The predicted octanol–water partition coefficient (Wildman–Crippen LogP) is 1.35. The van der Waals surface area contributed by atoms with E-state index < -0.39 is 20.0 Å². The van der Waals surface area contributed by atoms with Crippen molar-refractivity contribution >= 4 is 51.9 Å². The predicted molar refractivity (Wildman–Crippen MR) is 84.6 cm³/mol. The molecule has 114 valence electrons. The molecule has 0 atom stereocenters. The molecular weight excluding hydrogens is 436 g/mol. The minimum atomic E-state index is -3.71. The molecule has 0 bridgehead atoms. The second-order valence-corrected chi connectivity index (χ2v) is 9.37. The minimum absolute atomic E-state index is 0.0112. The highest BCUT2D eigenvalue weighted by Crippen LogP contribution is 2.28. The lowest BCUT2D eigenvalue weighted by Crippen LogP contribution is -2.34. The van der Waals surface area contributed by atoms with E-state index in [1.165, 1.54) is 6.07 Å². The molecule has 0 saturated heterocycles. The lowest BCUT2D eigenvalue weighted by Gasteiger charge is -2.10. The maximum Gasteiger partial charge on any atom is 0.241 e. The Balaban J connectivity index is 2.82. The van der Waals surface area contributed by atoms with Crippen LogP contribution in [0.4, 0.5) is 0 Å². The highest BCUT2D eigenvalue weighted by Gasteiger charge is 2.18. The number of benzene rings is 1. The fraction of sp³-hybridized carbons (Fsp3) is 0.400. The molecule has 10 heteroatoms. The lowest BCUT2D eigenvalue weighted by atomic mass is 10.2. The summed E-state index contributed by atoms with van der Waals surface area (Å²) in [6, 6.07) is 3.18. The van der Waals surface area contributed by atoms with Crippen LogP contribution in [-0.4, -0.2) is 36.2 Å². The second kappa shape index (κ2) is 6.84. The number of rotatable bonds is 6. The average molecular weight is 450 g/mol. The van der Waals surface area contributed by atoms with Crippen molar-refractivity contribution in [2.24, 2.45) is 0 Å². The highest BCUT2D eigenvalue weighted by atomic mass is 79.9. The average Bonchev–Trinajstić information content (AvgIpc) is 2.28. The lowest BCUT2D eigenvalue weighted by molar-refractivity contribution is 0.573. The third-order valence-electron chi connectivity index (χ3n) is 2.28. The first-order chi connectivity index (χ1) is 9.03. The van der Waals surface area contributed by atoms with E-state index in [4.69, 9.17) is 0 Å². The molecule has 0 radical (unpaired) electrons. The standard InChI is InChI=1S/C10H14Br2N2O4S2/c1-7-5-9(12)10(6-8(7)11)20(17,18)14-4-3-13-19(2,15)16/h5-6,13-14H,3-4H2,1-2H3. The summed E-state index contributed by atoms with van der Waals surface area (Å²) < 4.78 is 51.6. The van der Waals surface area contributed by atoms with Gasteiger partial charge in [-0.15, -0.1) is 0 Å². The number of aryl methyl sites for hydroxylation is 1. The van der Waals surface area contributed by atoms with Gasteiger partial charge in [-0.1, -0.05) is 15.9 Å². The summed E-state index contributed by atoms with van der Waals surface area (Å²) in [5, 5.41) is 0. The van der Waals surface area contributed by atoms with Gasteiger partial charge in [-0.2, -0.15) is 0 Å². The summed E-state index contributed by atoms with van der Waals surface area (Å²) in [5.74, 6) is 0. The number of hydrogen-bond donors (Lipinski definition) is 2. The Bertz CT molecular complexity index is 702. The van der Waals surface area contributed by atoms with E-state index in [9.17, 15) is 16.8 Å². The van der Waals surface area contributed by atoms with Crippen LogP contribution in [0.25, 0.3) is 0 Å². The molecule has 0 aliphatic carbocycles. The van der Waals surface area contributed by atoms with Crippen LogP contribution in [0.15, 0.2) is 26.0 Å². The van der Waals surface area contributed by atoms with Crippen LogP contribution in [-0.2, 0) is 20.0 Å². The molecular formula is C10H14Br2N2O4S2. The van der Waals surface area contributed by atoms with E-state index in [0.29, 0.717) is 8.95 Å². The first-order valence-corrected chi connectivity index (χ1v) is 10.4. The van der Waals surface area contributed by atoms with Crippen LogP contribution < -0.4 is 9.44 Å². The number of nitrogens with one attached hydrogen (secondary N) is 2. The Labute approximate surface area is 135 Å². The van der Waals surface area contributed by atoms with Crippen molar-refractivity contribution in [3.8, 4) is 0 Å². The molecule has 1 rings (SSSR count). The number of halogens is 2. The Morgan fingerprint density at radius 3 is 2.10 bits per heavy atom. The fourth-order valence-corrected chi connectivity index (χ4v) is 4.51. The maximum atomic E-state index is 12.1. The zero-order valence-electron chi connectivity index (χ0n) is 10.8. The second-order valence-electron chi connectivity index (χ2n) is 4.10. The summed E-state index contributed by atoms with van der Waals surface area (Å²) >= 11 is 6.48.